The molecule has 2 heterocycles. The summed E-state index contributed by atoms with van der Waals surface area (Å²) in [7, 11) is 0. The van der Waals surface area contributed by atoms with E-state index in [1.807, 2.05) is 37.5 Å². The molecule has 72 heavy (non-hydrogen) atoms. The lowest BCUT2D eigenvalue weighted by Crippen LogP contribution is -2.53. The van der Waals surface area contributed by atoms with Gasteiger partial charge in [-0.3, -0.25) is 29.0 Å². The van der Waals surface area contributed by atoms with Gasteiger partial charge in [0.05, 0.1) is 52.9 Å². The van der Waals surface area contributed by atoms with Crippen LogP contribution in [0.25, 0.3) is 0 Å². The van der Waals surface area contributed by atoms with Crippen LogP contribution in [0.1, 0.15) is 208 Å². The number of hydrogen-bond acceptors (Lipinski definition) is 10. The summed E-state index contributed by atoms with van der Waals surface area (Å²) in [4.78, 5) is 63.7. The smallest absolute Gasteiger partial charge is 0.243 e. The van der Waals surface area contributed by atoms with Crippen LogP contribution >= 0.6 is 0 Å². The van der Waals surface area contributed by atoms with Gasteiger partial charge in [-0.2, -0.15) is 0 Å². The van der Waals surface area contributed by atoms with E-state index in [2.05, 4.69) is 34.3 Å². The molecule has 0 saturated carbocycles. The molecule has 0 aromatic heterocycles. The van der Waals surface area contributed by atoms with E-state index in [9.17, 15) is 19.2 Å². The van der Waals surface area contributed by atoms with Crippen molar-refractivity contribution in [2.24, 2.45) is 11.8 Å². The Hall–Kier alpha value is -2.36. The first-order valence-electron chi connectivity index (χ1n) is 30.0. The highest BCUT2D eigenvalue weighted by molar-refractivity contribution is 5.88. The van der Waals surface area contributed by atoms with Gasteiger partial charge in [-0.05, 0) is 37.5 Å². The second-order valence-corrected chi connectivity index (χ2v) is 21.5. The Kier molecular flexibility index (Phi) is 41.0. The number of rotatable bonds is 47. The third-order valence-electron chi connectivity index (χ3n) is 14.5. The Morgan fingerprint density at radius 2 is 0.750 bits per heavy atom. The zero-order valence-electron chi connectivity index (χ0n) is 47.5. The number of carbonyl (C=O) groups is 4. The summed E-state index contributed by atoms with van der Waals surface area (Å²) in [6, 6.07) is -1.09. The molecule has 0 aromatic carbocycles. The van der Waals surface area contributed by atoms with Crippen LogP contribution in [0.2, 0.25) is 0 Å². The first-order valence-corrected chi connectivity index (χ1v) is 30.0. The lowest BCUT2D eigenvalue weighted by atomic mass is 9.99. The van der Waals surface area contributed by atoms with Gasteiger partial charge in [-0.1, -0.05) is 170 Å². The maximum atomic E-state index is 13.8. The summed E-state index contributed by atoms with van der Waals surface area (Å²) >= 11 is 0. The van der Waals surface area contributed by atoms with Crippen LogP contribution in [-0.4, -0.2) is 174 Å². The van der Waals surface area contributed by atoms with Crippen molar-refractivity contribution in [3.8, 4) is 0 Å². The fourth-order valence-corrected chi connectivity index (χ4v) is 10.2. The Morgan fingerprint density at radius 3 is 1.06 bits per heavy atom. The number of nitrogens with one attached hydrogen (secondary N) is 2. The Bertz CT molecular complexity index is 1230. The largest absolute Gasteiger partial charge is 0.379 e. The van der Waals surface area contributed by atoms with E-state index in [4.69, 9.17) is 18.9 Å². The molecule has 2 N–H and O–H groups in total. The lowest BCUT2D eigenvalue weighted by molar-refractivity contribution is -0.142. The zero-order chi connectivity index (χ0) is 52.3. The topological polar surface area (TPSA) is 142 Å². The van der Waals surface area contributed by atoms with Crippen LogP contribution < -0.4 is 10.6 Å². The molecule has 2 atom stereocenters. The highest BCUT2D eigenvalue weighted by atomic mass is 16.5. The van der Waals surface area contributed by atoms with Crippen molar-refractivity contribution < 1.29 is 38.1 Å². The Morgan fingerprint density at radius 1 is 0.444 bits per heavy atom. The number of unbranched alkanes of at least 4 members (excludes halogenated alkanes) is 20. The van der Waals surface area contributed by atoms with Crippen molar-refractivity contribution in [3.63, 3.8) is 0 Å². The molecular weight excluding hydrogens is 909 g/mol. The second kappa shape index (κ2) is 44.9. The van der Waals surface area contributed by atoms with Crippen molar-refractivity contribution in [1.29, 1.82) is 0 Å². The third-order valence-corrected chi connectivity index (χ3v) is 14.5. The molecule has 2 aliphatic rings. The van der Waals surface area contributed by atoms with Crippen LogP contribution in [0.5, 0.6) is 0 Å². The highest BCUT2D eigenvalue weighted by Gasteiger charge is 2.33. The quantitative estimate of drug-likeness (QED) is 0.0566. The van der Waals surface area contributed by atoms with Crippen molar-refractivity contribution >= 4 is 23.6 Å². The van der Waals surface area contributed by atoms with Crippen molar-refractivity contribution in [2.75, 3.05) is 118 Å². The fraction of sp³-hybridized carbons (Fsp3) is 0.931. The predicted octanol–water partition coefficient (Wildman–Crippen LogP) is 9.81. The summed E-state index contributed by atoms with van der Waals surface area (Å²) < 4.78 is 22.7. The van der Waals surface area contributed by atoms with Gasteiger partial charge in [0.25, 0.3) is 0 Å². The molecule has 0 radical (unpaired) electrons. The minimum atomic E-state index is -0.543. The van der Waals surface area contributed by atoms with E-state index in [1.54, 1.807) is 0 Å². The van der Waals surface area contributed by atoms with Gasteiger partial charge in [0.15, 0.2) is 0 Å². The van der Waals surface area contributed by atoms with E-state index in [-0.39, 0.29) is 35.5 Å². The van der Waals surface area contributed by atoms with Crippen molar-refractivity contribution in [2.45, 2.75) is 221 Å². The molecule has 422 valence electrons. The molecule has 2 rings (SSSR count). The number of amides is 4. The van der Waals surface area contributed by atoms with Gasteiger partial charge >= 0.3 is 0 Å². The van der Waals surface area contributed by atoms with Crippen LogP contribution in [0, 0.1) is 11.8 Å². The average molecular weight is 1020 g/mol. The third kappa shape index (κ3) is 32.2. The molecule has 0 spiro atoms. The minimum Gasteiger partial charge on any atom is -0.379 e. The van der Waals surface area contributed by atoms with E-state index in [0.717, 1.165) is 117 Å². The normalized spacial score (nSPS) is 15.5. The highest BCUT2D eigenvalue weighted by Crippen LogP contribution is 2.20. The summed E-state index contributed by atoms with van der Waals surface area (Å²) in [5.74, 6) is -0.194. The van der Waals surface area contributed by atoms with E-state index in [0.29, 0.717) is 65.4 Å². The molecule has 14 nitrogen and oxygen atoms in total. The Balaban J connectivity index is 1.78. The summed E-state index contributed by atoms with van der Waals surface area (Å²) in [5, 5.41) is 6.12. The molecule has 0 aromatic rings. The molecule has 2 saturated heterocycles. The molecule has 2 fully saturated rings. The predicted molar refractivity (Wildman–Crippen MR) is 294 cm³/mol. The lowest BCUT2D eigenvalue weighted by Gasteiger charge is -2.35. The Labute approximate surface area is 441 Å². The number of hydrogen-bond donors (Lipinski definition) is 2. The van der Waals surface area contributed by atoms with Gasteiger partial charge in [-0.15, -0.1) is 0 Å². The van der Waals surface area contributed by atoms with E-state index >= 15 is 0 Å². The van der Waals surface area contributed by atoms with E-state index in [1.165, 1.54) is 103 Å². The van der Waals surface area contributed by atoms with Crippen molar-refractivity contribution in [1.82, 2.24) is 30.2 Å². The molecule has 14 heteroatoms. The van der Waals surface area contributed by atoms with Gasteiger partial charge < -0.3 is 39.4 Å². The standard InChI is InChI=1S/C58H112N6O8/c1-7-9-11-13-15-17-19-21-23-25-27-31-53(65)63(37-29-35-61-39-45-71-46-40-61)55(51(3)4)57(67)59-33-43-69-49-50-70-44-34-60-58(68)56(52(5)6)64(38-30-36-62-41-47-72-48-42-62)54(66)32-28-26-24-22-20-18-16-14-12-10-8-2/h51-52,55-56H,7-50H2,1-6H3,(H,59,67)(H,60,68). The number of carbonyl (C=O) groups excluding carboxylic acids is 4. The molecule has 2 unspecified atom stereocenters. The van der Waals surface area contributed by atoms with Crippen LogP contribution in [-0.2, 0) is 38.1 Å². The second-order valence-electron chi connectivity index (χ2n) is 21.5. The maximum Gasteiger partial charge on any atom is 0.243 e. The molecule has 0 bridgehead atoms. The zero-order valence-corrected chi connectivity index (χ0v) is 47.5. The van der Waals surface area contributed by atoms with Gasteiger partial charge in [0.2, 0.25) is 23.6 Å². The van der Waals surface area contributed by atoms with Crippen LogP contribution in [0.4, 0.5) is 0 Å². The van der Waals surface area contributed by atoms with Crippen molar-refractivity contribution in [3.05, 3.63) is 0 Å². The number of nitrogens with zero attached hydrogens (tertiary/aromatic N) is 4. The number of ether oxygens (including phenoxy) is 4. The minimum absolute atomic E-state index is 0.0385. The maximum absolute atomic E-state index is 13.8. The molecule has 4 amide bonds. The SMILES string of the molecule is CCCCCCCCCCCCCC(=O)N(CCCN1CCOCC1)C(C(=O)NCCOCCOCCNC(=O)C(C(C)C)N(CCCN1CCOCC1)C(=O)CCCCCCCCCCCCC)C(C)C. The van der Waals surface area contributed by atoms with E-state index < -0.39 is 12.1 Å². The van der Waals surface area contributed by atoms with Gasteiger partial charge in [0, 0.05) is 78.3 Å². The van der Waals surface area contributed by atoms with Gasteiger partial charge in [-0.25, -0.2) is 0 Å². The molecule has 2 aliphatic heterocycles. The monoisotopic (exact) mass is 1020 g/mol. The molecule has 0 aliphatic carbocycles. The summed E-state index contributed by atoms with van der Waals surface area (Å²) in [5.41, 5.74) is 0. The summed E-state index contributed by atoms with van der Waals surface area (Å²) in [6.07, 6.45) is 29.7. The van der Waals surface area contributed by atoms with Gasteiger partial charge in [0.1, 0.15) is 12.1 Å². The van der Waals surface area contributed by atoms with Crippen LogP contribution in [0.15, 0.2) is 0 Å². The first kappa shape index (κ1) is 65.8. The fourth-order valence-electron chi connectivity index (χ4n) is 10.2. The summed E-state index contributed by atoms with van der Waals surface area (Å²) in [6.45, 7) is 24.1. The van der Waals surface area contributed by atoms with Crippen LogP contribution in [0.3, 0.4) is 0 Å². The first-order chi connectivity index (χ1) is 35.1. The average Bonchev–Trinajstić information content (AvgIpc) is 3.37. The number of morpholine rings is 2. The molecular formula is C58H112N6O8.